The molecule has 80 valence electrons. The van der Waals surface area contributed by atoms with Crippen molar-refractivity contribution in [1.82, 2.24) is 4.31 Å². The van der Waals surface area contributed by atoms with Gasteiger partial charge in [-0.15, -0.1) is 0 Å². The van der Waals surface area contributed by atoms with Gasteiger partial charge in [-0.1, -0.05) is 18.2 Å². The van der Waals surface area contributed by atoms with E-state index in [1.54, 1.807) is 30.3 Å². The molecule has 5 heteroatoms. The second kappa shape index (κ2) is 3.75. The monoisotopic (exact) mass is 224 g/mol. The van der Waals surface area contributed by atoms with Crippen molar-refractivity contribution in [3.8, 4) is 0 Å². The highest BCUT2D eigenvalue weighted by atomic mass is 32.2. The fourth-order valence-electron chi connectivity index (χ4n) is 1.54. The van der Waals surface area contributed by atoms with E-state index in [0.29, 0.717) is 11.4 Å². The Hall–Kier alpha value is -1.20. The molecule has 0 radical (unpaired) electrons. The minimum absolute atomic E-state index is 0.282. The second-order valence-corrected chi connectivity index (χ2v) is 5.27. The van der Waals surface area contributed by atoms with Crippen molar-refractivity contribution < 1.29 is 8.42 Å². The molecule has 1 heterocycles. The van der Waals surface area contributed by atoms with E-state index in [-0.39, 0.29) is 6.17 Å². The van der Waals surface area contributed by atoms with Crippen LogP contribution in [0.25, 0.3) is 0 Å². The third kappa shape index (κ3) is 1.68. The number of rotatable bonds is 3. The van der Waals surface area contributed by atoms with E-state index >= 15 is 0 Å². The third-order valence-electron chi connectivity index (χ3n) is 2.50. The van der Waals surface area contributed by atoms with Gasteiger partial charge in [0.15, 0.2) is 0 Å². The zero-order chi connectivity index (χ0) is 10.9. The molecule has 0 bridgehead atoms. The molecule has 2 rings (SSSR count). The highest BCUT2D eigenvalue weighted by molar-refractivity contribution is 7.89. The minimum Gasteiger partial charge on any atom is -0.281 e. The lowest BCUT2D eigenvalue weighted by Crippen LogP contribution is -2.49. The smallest absolute Gasteiger partial charge is 0.244 e. The normalized spacial score (nSPS) is 22.0. The molecule has 0 spiro atoms. The molecule has 15 heavy (non-hydrogen) atoms. The predicted octanol–water partition coefficient (Wildman–Crippen LogP) is 1.11. The van der Waals surface area contributed by atoms with E-state index in [1.807, 2.05) is 0 Å². The van der Waals surface area contributed by atoms with Crippen molar-refractivity contribution in [1.29, 1.82) is 0 Å². The Kier molecular flexibility index (Phi) is 2.58. The van der Waals surface area contributed by atoms with Gasteiger partial charge >= 0.3 is 0 Å². The lowest BCUT2D eigenvalue weighted by atomic mass is 10.2. The molecular formula is C10H12N2O2S. The van der Waals surface area contributed by atoms with Crippen molar-refractivity contribution >= 4 is 16.7 Å². The van der Waals surface area contributed by atoms with Crippen LogP contribution >= 0.6 is 0 Å². The maximum absolute atomic E-state index is 12.0. The van der Waals surface area contributed by atoms with Gasteiger partial charge in [-0.05, 0) is 25.3 Å². The summed E-state index contributed by atoms with van der Waals surface area (Å²) in [5.74, 6) is 0. The van der Waals surface area contributed by atoms with Gasteiger partial charge in [-0.3, -0.25) is 4.99 Å². The van der Waals surface area contributed by atoms with Gasteiger partial charge in [0.1, 0.15) is 6.17 Å². The van der Waals surface area contributed by atoms with Crippen molar-refractivity contribution in [3.63, 3.8) is 0 Å². The van der Waals surface area contributed by atoms with Crippen LogP contribution in [0.3, 0.4) is 0 Å². The molecular weight excluding hydrogens is 212 g/mol. The van der Waals surface area contributed by atoms with Crippen LogP contribution in [-0.4, -0.2) is 32.2 Å². The summed E-state index contributed by atoms with van der Waals surface area (Å²) in [5, 5.41) is 0. The molecule has 1 atom stereocenters. The van der Waals surface area contributed by atoms with Crippen LogP contribution in [0.5, 0.6) is 0 Å². The van der Waals surface area contributed by atoms with Crippen LogP contribution in [0.4, 0.5) is 0 Å². The number of benzene rings is 1. The van der Waals surface area contributed by atoms with Crippen molar-refractivity contribution in [2.24, 2.45) is 4.99 Å². The molecule has 1 aromatic carbocycles. The number of hydrogen-bond donors (Lipinski definition) is 0. The van der Waals surface area contributed by atoms with Gasteiger partial charge in [0.05, 0.1) is 4.90 Å². The van der Waals surface area contributed by atoms with E-state index in [2.05, 4.69) is 11.7 Å². The summed E-state index contributed by atoms with van der Waals surface area (Å²) in [6, 6.07) is 8.39. The van der Waals surface area contributed by atoms with Crippen LogP contribution in [0.1, 0.15) is 6.42 Å². The SMILES string of the molecule is C=NC1CCN1S(=O)(=O)c1ccccc1. The van der Waals surface area contributed by atoms with Gasteiger partial charge in [-0.25, -0.2) is 8.42 Å². The summed E-state index contributed by atoms with van der Waals surface area (Å²) >= 11 is 0. The Bertz CT molecular complexity index is 456. The molecule has 0 aliphatic carbocycles. The van der Waals surface area contributed by atoms with Crippen LogP contribution in [0, 0.1) is 0 Å². The quantitative estimate of drug-likeness (QED) is 0.722. The highest BCUT2D eigenvalue weighted by Crippen LogP contribution is 2.26. The zero-order valence-electron chi connectivity index (χ0n) is 8.20. The van der Waals surface area contributed by atoms with Crippen molar-refractivity contribution in [2.75, 3.05) is 6.54 Å². The first-order valence-corrected chi connectivity index (χ1v) is 6.13. The topological polar surface area (TPSA) is 49.7 Å². The molecule has 1 unspecified atom stereocenters. The molecule has 0 aromatic heterocycles. The summed E-state index contributed by atoms with van der Waals surface area (Å²) in [5.41, 5.74) is 0. The molecule has 0 N–H and O–H groups in total. The van der Waals surface area contributed by atoms with Gasteiger partial charge in [-0.2, -0.15) is 4.31 Å². The van der Waals surface area contributed by atoms with Crippen molar-refractivity contribution in [2.45, 2.75) is 17.5 Å². The van der Waals surface area contributed by atoms with E-state index in [0.717, 1.165) is 6.42 Å². The second-order valence-electron chi connectivity index (χ2n) is 3.38. The number of hydrogen-bond acceptors (Lipinski definition) is 3. The molecule has 1 fully saturated rings. The number of sulfonamides is 1. The van der Waals surface area contributed by atoms with Crippen molar-refractivity contribution in [3.05, 3.63) is 30.3 Å². The van der Waals surface area contributed by atoms with E-state index in [4.69, 9.17) is 0 Å². The number of nitrogens with zero attached hydrogens (tertiary/aromatic N) is 2. The first kappa shape index (κ1) is 10.3. The maximum atomic E-state index is 12.0. The van der Waals surface area contributed by atoms with Gasteiger partial charge in [0, 0.05) is 6.54 Å². The Labute approximate surface area is 89.3 Å². The molecule has 1 aromatic rings. The van der Waals surface area contributed by atoms with E-state index < -0.39 is 10.0 Å². The van der Waals surface area contributed by atoms with Gasteiger partial charge in [0.25, 0.3) is 0 Å². The molecule has 4 nitrogen and oxygen atoms in total. The average molecular weight is 224 g/mol. The summed E-state index contributed by atoms with van der Waals surface area (Å²) in [6.45, 7) is 3.91. The molecule has 0 saturated carbocycles. The van der Waals surface area contributed by atoms with Crippen LogP contribution in [-0.2, 0) is 10.0 Å². The first-order valence-electron chi connectivity index (χ1n) is 4.69. The van der Waals surface area contributed by atoms with Gasteiger partial charge < -0.3 is 0 Å². The maximum Gasteiger partial charge on any atom is 0.244 e. The zero-order valence-corrected chi connectivity index (χ0v) is 9.02. The largest absolute Gasteiger partial charge is 0.281 e. The Morgan fingerprint density at radius 2 is 2.00 bits per heavy atom. The first-order chi connectivity index (χ1) is 7.16. The Balaban J connectivity index is 2.32. The van der Waals surface area contributed by atoms with E-state index in [9.17, 15) is 8.42 Å². The van der Waals surface area contributed by atoms with Crippen LogP contribution in [0.2, 0.25) is 0 Å². The summed E-state index contributed by atoms with van der Waals surface area (Å²) < 4.78 is 25.4. The fourth-order valence-corrected chi connectivity index (χ4v) is 3.15. The lowest BCUT2D eigenvalue weighted by molar-refractivity contribution is 0.209. The summed E-state index contributed by atoms with van der Waals surface area (Å²) in [7, 11) is -3.36. The predicted molar refractivity (Wildman–Crippen MR) is 58.3 cm³/mol. The van der Waals surface area contributed by atoms with E-state index in [1.165, 1.54) is 4.31 Å². The molecule has 1 saturated heterocycles. The molecule has 1 aliphatic heterocycles. The van der Waals surface area contributed by atoms with Gasteiger partial charge in [0.2, 0.25) is 10.0 Å². The van der Waals surface area contributed by atoms with Crippen LogP contribution in [0.15, 0.2) is 40.2 Å². The average Bonchev–Trinajstić information content (AvgIpc) is 2.17. The Morgan fingerprint density at radius 1 is 1.33 bits per heavy atom. The molecule has 0 amide bonds. The molecule has 1 aliphatic rings. The summed E-state index contributed by atoms with van der Waals surface area (Å²) in [4.78, 5) is 4.08. The highest BCUT2D eigenvalue weighted by Gasteiger charge is 2.37. The number of aliphatic imine (C=N–C) groups is 1. The minimum atomic E-state index is -3.36. The standard InChI is InChI=1S/C10H12N2O2S/c1-11-10-7-8-12(10)15(13,14)9-5-3-2-4-6-9/h2-6,10H,1,7-8H2. The summed E-state index contributed by atoms with van der Waals surface area (Å²) in [6.07, 6.45) is 0.477. The van der Waals surface area contributed by atoms with Crippen LogP contribution < -0.4 is 0 Å². The lowest BCUT2D eigenvalue weighted by Gasteiger charge is -2.36. The Morgan fingerprint density at radius 3 is 2.47 bits per heavy atom. The third-order valence-corrected chi connectivity index (χ3v) is 4.41. The fraction of sp³-hybridized carbons (Fsp3) is 0.300.